The van der Waals surface area contributed by atoms with Gasteiger partial charge in [-0.05, 0) is 19.9 Å². The van der Waals surface area contributed by atoms with Crippen LogP contribution in [-0.4, -0.2) is 31.3 Å². The topological polar surface area (TPSA) is 58.2 Å². The summed E-state index contributed by atoms with van der Waals surface area (Å²) in [5.41, 5.74) is 0. The number of carbonyl (C=O) groups is 2. The Morgan fingerprint density at radius 1 is 1.20 bits per heavy atom. The van der Waals surface area contributed by atoms with Crippen molar-refractivity contribution in [1.82, 2.24) is 10.6 Å². The van der Waals surface area contributed by atoms with Crippen molar-refractivity contribution in [3.8, 4) is 0 Å². The highest BCUT2D eigenvalue weighted by Crippen LogP contribution is 2.13. The van der Waals surface area contributed by atoms with Gasteiger partial charge >= 0.3 is 0 Å². The van der Waals surface area contributed by atoms with Gasteiger partial charge in [-0.25, -0.2) is 0 Å². The minimum atomic E-state index is -0.333. The summed E-state index contributed by atoms with van der Waals surface area (Å²) in [6.45, 7) is 5.86. The van der Waals surface area contributed by atoms with Gasteiger partial charge in [0.1, 0.15) is 0 Å². The van der Waals surface area contributed by atoms with E-state index in [2.05, 4.69) is 10.6 Å². The van der Waals surface area contributed by atoms with Crippen LogP contribution in [-0.2, 0) is 9.59 Å². The third kappa shape index (κ3) is 4.93. The van der Waals surface area contributed by atoms with Crippen molar-refractivity contribution in [2.24, 2.45) is 5.92 Å². The first kappa shape index (κ1) is 14.1. The number of Topliss-reactive ketones (excluding diaryl/α,β-unsaturated/α-hetero) is 1. The molecule has 0 bridgehead atoms. The Labute approximate surface area is 91.8 Å². The number of ketones is 1. The zero-order valence-corrected chi connectivity index (χ0v) is 10.1. The molecule has 0 aliphatic heterocycles. The maximum absolute atomic E-state index is 11.4. The van der Waals surface area contributed by atoms with Gasteiger partial charge in [0.25, 0.3) is 0 Å². The summed E-state index contributed by atoms with van der Waals surface area (Å²) in [5, 5.41) is 5.53. The van der Waals surface area contributed by atoms with Crippen molar-refractivity contribution < 1.29 is 9.59 Å². The lowest BCUT2D eigenvalue weighted by molar-refractivity contribution is -0.127. The predicted molar refractivity (Wildman–Crippen MR) is 60.6 cm³/mol. The second kappa shape index (κ2) is 7.40. The fourth-order valence-corrected chi connectivity index (χ4v) is 1.70. The second-order valence-electron chi connectivity index (χ2n) is 3.76. The van der Waals surface area contributed by atoms with Crippen LogP contribution in [0.25, 0.3) is 0 Å². The molecular formula is C11H22N2O2. The third-order valence-electron chi connectivity index (χ3n) is 2.61. The van der Waals surface area contributed by atoms with Crippen molar-refractivity contribution in [3.63, 3.8) is 0 Å². The first-order valence-electron chi connectivity index (χ1n) is 5.51. The summed E-state index contributed by atoms with van der Waals surface area (Å²) in [5.74, 6) is 0.154. The molecule has 0 aromatic rings. The van der Waals surface area contributed by atoms with E-state index in [1.54, 1.807) is 7.05 Å². The molecule has 0 rings (SSSR count). The molecule has 0 fully saturated rings. The third-order valence-corrected chi connectivity index (χ3v) is 2.61. The lowest BCUT2D eigenvalue weighted by atomic mass is 9.91. The second-order valence-corrected chi connectivity index (χ2v) is 3.76. The smallest absolute Gasteiger partial charge is 0.234 e. The molecule has 0 aliphatic rings. The Bertz CT molecular complexity index is 213. The standard InChI is InChI=1S/C11H22N2O2/c1-5-9(6-2)11(8(3)14)13-10(15)7-12-4/h9,11-12H,5-7H2,1-4H3,(H,13,15). The zero-order valence-electron chi connectivity index (χ0n) is 10.1. The summed E-state index contributed by atoms with van der Waals surface area (Å²) >= 11 is 0. The Hall–Kier alpha value is -0.900. The maximum Gasteiger partial charge on any atom is 0.234 e. The van der Waals surface area contributed by atoms with E-state index in [-0.39, 0.29) is 30.2 Å². The van der Waals surface area contributed by atoms with Crippen LogP contribution in [0.2, 0.25) is 0 Å². The van der Waals surface area contributed by atoms with E-state index >= 15 is 0 Å². The molecule has 1 unspecified atom stereocenters. The average molecular weight is 214 g/mol. The van der Waals surface area contributed by atoms with Crippen LogP contribution in [0.5, 0.6) is 0 Å². The van der Waals surface area contributed by atoms with Crippen molar-refractivity contribution in [1.29, 1.82) is 0 Å². The van der Waals surface area contributed by atoms with E-state index in [0.717, 1.165) is 12.8 Å². The monoisotopic (exact) mass is 214 g/mol. The van der Waals surface area contributed by atoms with E-state index in [0.29, 0.717) is 0 Å². The molecule has 0 heterocycles. The Balaban J connectivity index is 4.39. The molecule has 1 atom stereocenters. The van der Waals surface area contributed by atoms with Gasteiger partial charge in [-0.15, -0.1) is 0 Å². The Morgan fingerprint density at radius 2 is 1.73 bits per heavy atom. The lowest BCUT2D eigenvalue weighted by Gasteiger charge is -2.23. The lowest BCUT2D eigenvalue weighted by Crippen LogP contribution is -2.47. The van der Waals surface area contributed by atoms with Crippen LogP contribution < -0.4 is 10.6 Å². The zero-order chi connectivity index (χ0) is 11.8. The molecule has 0 aliphatic carbocycles. The molecule has 2 N–H and O–H groups in total. The number of carbonyl (C=O) groups excluding carboxylic acids is 2. The number of amides is 1. The van der Waals surface area contributed by atoms with E-state index in [4.69, 9.17) is 0 Å². The van der Waals surface area contributed by atoms with Crippen LogP contribution in [0.1, 0.15) is 33.6 Å². The predicted octanol–water partition coefficient (Wildman–Crippen LogP) is 0.716. The average Bonchev–Trinajstić information content (AvgIpc) is 2.18. The molecule has 0 radical (unpaired) electrons. The van der Waals surface area contributed by atoms with Crippen molar-refractivity contribution >= 4 is 11.7 Å². The van der Waals surface area contributed by atoms with Crippen LogP contribution in [0.4, 0.5) is 0 Å². The molecule has 0 aromatic carbocycles. The van der Waals surface area contributed by atoms with Crippen molar-refractivity contribution in [3.05, 3.63) is 0 Å². The van der Waals surface area contributed by atoms with Crippen LogP contribution in [0.3, 0.4) is 0 Å². The number of nitrogens with one attached hydrogen (secondary N) is 2. The molecule has 0 saturated carbocycles. The quantitative estimate of drug-likeness (QED) is 0.656. The maximum atomic E-state index is 11.4. The largest absolute Gasteiger partial charge is 0.345 e. The SMILES string of the molecule is CCC(CC)C(NC(=O)CNC)C(C)=O. The molecule has 4 nitrogen and oxygen atoms in total. The van der Waals surface area contributed by atoms with Gasteiger partial charge in [-0.3, -0.25) is 9.59 Å². The normalized spacial score (nSPS) is 12.6. The van der Waals surface area contributed by atoms with Crippen molar-refractivity contribution in [2.45, 2.75) is 39.7 Å². The molecule has 88 valence electrons. The fraction of sp³-hybridized carbons (Fsp3) is 0.818. The van der Waals surface area contributed by atoms with Gasteiger partial charge < -0.3 is 10.6 Å². The summed E-state index contributed by atoms with van der Waals surface area (Å²) in [7, 11) is 1.71. The molecule has 15 heavy (non-hydrogen) atoms. The van der Waals surface area contributed by atoms with Gasteiger partial charge in [0, 0.05) is 0 Å². The molecule has 4 heteroatoms. The number of likely N-dealkylation sites (N-methyl/N-ethyl adjacent to an activating group) is 1. The highest BCUT2D eigenvalue weighted by molar-refractivity contribution is 5.88. The van der Waals surface area contributed by atoms with E-state index in [1.165, 1.54) is 6.92 Å². The molecule has 0 aromatic heterocycles. The Morgan fingerprint density at radius 3 is 2.07 bits per heavy atom. The minimum Gasteiger partial charge on any atom is -0.345 e. The highest BCUT2D eigenvalue weighted by Gasteiger charge is 2.24. The summed E-state index contributed by atoms with van der Waals surface area (Å²) in [6.07, 6.45) is 1.81. The minimum absolute atomic E-state index is 0.0353. The van der Waals surface area contributed by atoms with Crippen LogP contribution in [0.15, 0.2) is 0 Å². The molecule has 1 amide bonds. The summed E-state index contributed by atoms with van der Waals surface area (Å²) < 4.78 is 0. The summed E-state index contributed by atoms with van der Waals surface area (Å²) in [6, 6.07) is -0.333. The molecule has 0 saturated heterocycles. The van der Waals surface area contributed by atoms with Gasteiger partial charge in [0.05, 0.1) is 12.6 Å². The molecular weight excluding hydrogens is 192 g/mol. The van der Waals surface area contributed by atoms with Gasteiger partial charge in [-0.1, -0.05) is 26.7 Å². The van der Waals surface area contributed by atoms with Gasteiger partial charge in [-0.2, -0.15) is 0 Å². The van der Waals surface area contributed by atoms with Crippen LogP contribution >= 0.6 is 0 Å². The van der Waals surface area contributed by atoms with Crippen LogP contribution in [0, 0.1) is 5.92 Å². The van der Waals surface area contributed by atoms with E-state index < -0.39 is 0 Å². The van der Waals surface area contributed by atoms with E-state index in [9.17, 15) is 9.59 Å². The van der Waals surface area contributed by atoms with E-state index in [1.807, 2.05) is 13.8 Å². The first-order chi connectivity index (χ1) is 7.06. The van der Waals surface area contributed by atoms with Crippen molar-refractivity contribution in [2.75, 3.05) is 13.6 Å². The first-order valence-corrected chi connectivity index (χ1v) is 5.51. The number of rotatable bonds is 7. The molecule has 0 spiro atoms. The highest BCUT2D eigenvalue weighted by atomic mass is 16.2. The summed E-state index contributed by atoms with van der Waals surface area (Å²) in [4.78, 5) is 22.8. The van der Waals surface area contributed by atoms with Gasteiger partial charge in [0.2, 0.25) is 5.91 Å². The van der Waals surface area contributed by atoms with Gasteiger partial charge in [0.15, 0.2) is 5.78 Å². The number of hydrogen-bond donors (Lipinski definition) is 2. The Kier molecular flexibility index (Phi) is 6.96. The fourth-order valence-electron chi connectivity index (χ4n) is 1.70. The number of hydrogen-bond acceptors (Lipinski definition) is 3.